The van der Waals surface area contributed by atoms with E-state index in [-0.39, 0.29) is 43.0 Å². The van der Waals surface area contributed by atoms with Gasteiger partial charge in [-0.15, -0.1) is 0 Å². The smallest absolute Gasteiger partial charge is 0.332 e. The van der Waals surface area contributed by atoms with Crippen LogP contribution in [0.3, 0.4) is 0 Å². The minimum atomic E-state index is -0.396. The van der Waals surface area contributed by atoms with Crippen molar-refractivity contribution in [1.82, 2.24) is 0 Å². The van der Waals surface area contributed by atoms with Gasteiger partial charge in [0.2, 0.25) is 0 Å². The van der Waals surface area contributed by atoms with Gasteiger partial charge in [-0.1, -0.05) is 49.7 Å². The Bertz CT molecular complexity index is 1090. The number of carbonyl (C=O) groups excluding carboxylic acids is 2. The summed E-state index contributed by atoms with van der Waals surface area (Å²) in [5.74, 6) is 0.939. The molecule has 2 heterocycles. The first-order chi connectivity index (χ1) is 17.1. The summed E-state index contributed by atoms with van der Waals surface area (Å²) in [5.41, 5.74) is 2.26. The third-order valence-corrected chi connectivity index (χ3v) is 6.99. The molecule has 0 N–H and O–H groups in total. The van der Waals surface area contributed by atoms with Crippen LogP contribution in [-0.4, -0.2) is 43.8 Å². The molecule has 4 unspecified atom stereocenters. The van der Waals surface area contributed by atoms with Crippen molar-refractivity contribution in [2.24, 2.45) is 11.8 Å². The number of carbonyl (C=O) groups is 2. The molecule has 0 radical (unpaired) electrons. The Labute approximate surface area is 205 Å². The second-order valence-electron chi connectivity index (χ2n) is 9.17. The molecule has 2 aliphatic heterocycles. The maximum Gasteiger partial charge on any atom is 0.332 e. The Morgan fingerprint density at radius 3 is 2.63 bits per heavy atom. The molecule has 0 aromatic heterocycles. The third-order valence-electron chi connectivity index (χ3n) is 6.99. The Morgan fingerprint density at radius 2 is 1.83 bits per heavy atom. The van der Waals surface area contributed by atoms with Crippen LogP contribution in [0.25, 0.3) is 5.57 Å². The van der Waals surface area contributed by atoms with Crippen LogP contribution in [0, 0.1) is 11.8 Å². The SMILES string of the molecule is CCC1CC2C(=O)C(c3ccc4c(c3)OCCO4)=COC2CC1OCC(=O)OCc1ccccc1. The first-order valence-corrected chi connectivity index (χ1v) is 12.2. The van der Waals surface area contributed by atoms with Crippen LogP contribution >= 0.6 is 0 Å². The standard InChI is InChI=1S/C28H30O7/c1-2-19-12-21-25(14-24(19)34-17-27(29)35-15-18-6-4-3-5-7-18)33-16-22(28(21)30)20-8-9-23-26(13-20)32-11-10-31-23/h3-9,13,16,19,21,24-25H,2,10-12,14-15,17H2,1H3. The fourth-order valence-corrected chi connectivity index (χ4v) is 5.06. The maximum atomic E-state index is 13.4. The summed E-state index contributed by atoms with van der Waals surface area (Å²) in [5, 5.41) is 0. The number of esters is 1. The number of ketones is 1. The molecule has 3 aliphatic rings. The van der Waals surface area contributed by atoms with Gasteiger partial charge in [0.25, 0.3) is 0 Å². The van der Waals surface area contributed by atoms with Crippen LogP contribution < -0.4 is 9.47 Å². The van der Waals surface area contributed by atoms with Crippen molar-refractivity contribution in [3.05, 3.63) is 65.9 Å². The summed E-state index contributed by atoms with van der Waals surface area (Å²) < 4.78 is 28.6. The van der Waals surface area contributed by atoms with Crippen LogP contribution in [0.1, 0.15) is 37.3 Å². The summed E-state index contributed by atoms with van der Waals surface area (Å²) in [6.07, 6.45) is 3.20. The third kappa shape index (κ3) is 5.20. The largest absolute Gasteiger partial charge is 0.496 e. The summed E-state index contributed by atoms with van der Waals surface area (Å²) in [7, 11) is 0. The van der Waals surface area contributed by atoms with Gasteiger partial charge in [0.05, 0.1) is 23.9 Å². The van der Waals surface area contributed by atoms with Crippen molar-refractivity contribution >= 4 is 17.3 Å². The van der Waals surface area contributed by atoms with E-state index < -0.39 is 5.97 Å². The average Bonchev–Trinajstić information content (AvgIpc) is 2.91. The molecule has 4 atom stereocenters. The minimum absolute atomic E-state index is 0.0806. The quantitative estimate of drug-likeness (QED) is 0.548. The number of fused-ring (bicyclic) bond motifs is 2. The van der Waals surface area contributed by atoms with Gasteiger partial charge in [0, 0.05) is 6.42 Å². The molecule has 184 valence electrons. The van der Waals surface area contributed by atoms with E-state index in [0.717, 1.165) is 17.5 Å². The number of allylic oxidation sites excluding steroid dienone is 1. The summed E-state index contributed by atoms with van der Waals surface area (Å²) >= 11 is 0. The van der Waals surface area contributed by atoms with Crippen LogP contribution in [0.15, 0.2) is 54.8 Å². The van der Waals surface area contributed by atoms with E-state index in [2.05, 4.69) is 6.92 Å². The fourth-order valence-electron chi connectivity index (χ4n) is 5.06. The lowest BCUT2D eigenvalue weighted by molar-refractivity contribution is -0.158. The van der Waals surface area contributed by atoms with Gasteiger partial charge in [-0.2, -0.15) is 0 Å². The maximum absolute atomic E-state index is 13.4. The molecule has 7 heteroatoms. The highest BCUT2D eigenvalue weighted by Gasteiger charge is 2.44. The molecule has 2 aromatic carbocycles. The van der Waals surface area contributed by atoms with E-state index in [4.69, 9.17) is 23.7 Å². The fraction of sp³-hybridized carbons (Fsp3) is 0.429. The first kappa shape index (κ1) is 23.4. The summed E-state index contributed by atoms with van der Waals surface area (Å²) in [6, 6.07) is 15.1. The molecule has 7 nitrogen and oxygen atoms in total. The Balaban J connectivity index is 1.20. The lowest BCUT2D eigenvalue weighted by Crippen LogP contribution is -2.46. The van der Waals surface area contributed by atoms with Gasteiger partial charge in [0.15, 0.2) is 17.3 Å². The van der Waals surface area contributed by atoms with Crippen LogP contribution in [0.2, 0.25) is 0 Å². The van der Waals surface area contributed by atoms with Gasteiger partial charge >= 0.3 is 5.97 Å². The molecule has 5 rings (SSSR count). The van der Waals surface area contributed by atoms with E-state index in [0.29, 0.717) is 43.1 Å². The topological polar surface area (TPSA) is 80.3 Å². The monoisotopic (exact) mass is 478 g/mol. The predicted octanol–water partition coefficient (Wildman–Crippen LogP) is 4.33. The molecule has 35 heavy (non-hydrogen) atoms. The second kappa shape index (κ2) is 10.5. The lowest BCUT2D eigenvalue weighted by atomic mass is 9.72. The number of benzene rings is 2. The number of Topliss-reactive ketones (excluding diaryl/α,β-unsaturated/α-hetero) is 1. The van der Waals surface area contributed by atoms with Crippen LogP contribution in [0.4, 0.5) is 0 Å². The van der Waals surface area contributed by atoms with E-state index in [1.54, 1.807) is 6.26 Å². The average molecular weight is 479 g/mol. The van der Waals surface area contributed by atoms with Gasteiger partial charge < -0.3 is 23.7 Å². The zero-order chi connectivity index (χ0) is 24.2. The number of hydrogen-bond donors (Lipinski definition) is 0. The van der Waals surface area contributed by atoms with Crippen molar-refractivity contribution in [1.29, 1.82) is 0 Å². The number of hydrogen-bond acceptors (Lipinski definition) is 7. The molecule has 0 saturated heterocycles. The summed E-state index contributed by atoms with van der Waals surface area (Å²) in [6.45, 7) is 3.20. The summed E-state index contributed by atoms with van der Waals surface area (Å²) in [4.78, 5) is 25.7. The number of rotatable bonds is 7. The highest BCUT2D eigenvalue weighted by molar-refractivity contribution is 6.22. The minimum Gasteiger partial charge on any atom is -0.496 e. The zero-order valence-electron chi connectivity index (χ0n) is 19.8. The highest BCUT2D eigenvalue weighted by atomic mass is 16.6. The Hall–Kier alpha value is -3.32. The van der Waals surface area contributed by atoms with E-state index in [1.807, 2.05) is 48.5 Å². The molecular formula is C28H30O7. The molecule has 1 aliphatic carbocycles. The van der Waals surface area contributed by atoms with Crippen molar-refractivity contribution in [2.75, 3.05) is 19.8 Å². The normalized spacial score (nSPS) is 25.2. The molecule has 0 spiro atoms. The molecule has 0 bridgehead atoms. The van der Waals surface area contributed by atoms with Crippen molar-refractivity contribution in [3.8, 4) is 11.5 Å². The van der Waals surface area contributed by atoms with Gasteiger partial charge in [-0.05, 0) is 35.6 Å². The molecule has 0 amide bonds. The predicted molar refractivity (Wildman–Crippen MR) is 128 cm³/mol. The molecule has 1 saturated carbocycles. The van der Waals surface area contributed by atoms with Gasteiger partial charge in [0.1, 0.15) is 32.5 Å². The van der Waals surface area contributed by atoms with Crippen molar-refractivity contribution in [2.45, 2.75) is 45.0 Å². The Kier molecular flexibility index (Phi) is 7.04. The van der Waals surface area contributed by atoms with Crippen LogP contribution in [-0.2, 0) is 30.4 Å². The molecule has 2 aromatic rings. The molecule has 1 fully saturated rings. The lowest BCUT2D eigenvalue weighted by Gasteiger charge is -2.41. The van der Waals surface area contributed by atoms with E-state index in [9.17, 15) is 9.59 Å². The second-order valence-corrected chi connectivity index (χ2v) is 9.17. The highest BCUT2D eigenvalue weighted by Crippen LogP contribution is 2.42. The van der Waals surface area contributed by atoms with Gasteiger partial charge in [-0.25, -0.2) is 4.79 Å². The van der Waals surface area contributed by atoms with E-state index in [1.165, 1.54) is 0 Å². The van der Waals surface area contributed by atoms with Crippen molar-refractivity contribution < 1.29 is 33.3 Å². The van der Waals surface area contributed by atoms with Crippen LogP contribution in [0.5, 0.6) is 11.5 Å². The van der Waals surface area contributed by atoms with E-state index >= 15 is 0 Å². The zero-order valence-corrected chi connectivity index (χ0v) is 19.8. The number of ether oxygens (including phenoxy) is 5. The molecular weight excluding hydrogens is 448 g/mol. The Morgan fingerprint density at radius 1 is 1.03 bits per heavy atom. The first-order valence-electron chi connectivity index (χ1n) is 12.2. The van der Waals surface area contributed by atoms with Gasteiger partial charge in [-0.3, -0.25) is 4.79 Å². The van der Waals surface area contributed by atoms with Crippen molar-refractivity contribution in [3.63, 3.8) is 0 Å².